The van der Waals surface area contributed by atoms with E-state index in [0.717, 1.165) is 56.2 Å². The standard InChI is InChI=1S/C24H22F4N4O/c25-20-6-4-17(5-7-20)16-31-10-12-32(13-11-31)22-9-8-21(15-29-22)30-23(33)18-2-1-3-19(14-18)24(26,27)28/h1-9,14-15H,10-13,16H2,(H,30,33). The summed E-state index contributed by atoms with van der Waals surface area (Å²) in [5.74, 6) is -0.123. The second-order valence-corrected chi connectivity index (χ2v) is 7.83. The van der Waals surface area contributed by atoms with E-state index < -0.39 is 17.6 Å². The number of rotatable bonds is 5. The number of benzene rings is 2. The molecular weight excluding hydrogens is 436 g/mol. The molecule has 0 radical (unpaired) electrons. The molecule has 0 unspecified atom stereocenters. The van der Waals surface area contributed by atoms with Crippen molar-refractivity contribution in [3.8, 4) is 0 Å². The fourth-order valence-electron chi connectivity index (χ4n) is 3.67. The van der Waals surface area contributed by atoms with Gasteiger partial charge in [0, 0.05) is 38.3 Å². The van der Waals surface area contributed by atoms with E-state index in [4.69, 9.17) is 0 Å². The number of piperazine rings is 1. The molecule has 2 heterocycles. The summed E-state index contributed by atoms with van der Waals surface area (Å²) in [5.41, 5.74) is 0.508. The predicted molar refractivity (Wildman–Crippen MR) is 118 cm³/mol. The zero-order chi connectivity index (χ0) is 23.4. The molecule has 3 aromatic rings. The number of anilines is 2. The maximum absolute atomic E-state index is 13.1. The van der Waals surface area contributed by atoms with Gasteiger partial charge in [0.05, 0.1) is 17.4 Å². The summed E-state index contributed by atoms with van der Waals surface area (Å²) in [6.45, 7) is 3.94. The van der Waals surface area contributed by atoms with Crippen LogP contribution in [0.2, 0.25) is 0 Å². The van der Waals surface area contributed by atoms with Crippen molar-refractivity contribution in [1.82, 2.24) is 9.88 Å². The van der Waals surface area contributed by atoms with Crippen LogP contribution in [0, 0.1) is 5.82 Å². The molecule has 0 bridgehead atoms. The van der Waals surface area contributed by atoms with E-state index in [0.29, 0.717) is 5.69 Å². The van der Waals surface area contributed by atoms with E-state index in [-0.39, 0.29) is 11.4 Å². The maximum Gasteiger partial charge on any atom is 0.416 e. The summed E-state index contributed by atoms with van der Waals surface area (Å²) in [6.07, 6.45) is -3.02. The van der Waals surface area contributed by atoms with Crippen LogP contribution in [0.5, 0.6) is 0 Å². The number of amides is 1. The molecule has 0 atom stereocenters. The topological polar surface area (TPSA) is 48.5 Å². The zero-order valence-electron chi connectivity index (χ0n) is 17.6. The lowest BCUT2D eigenvalue weighted by atomic mass is 10.1. The Morgan fingerprint density at radius 1 is 0.970 bits per heavy atom. The fraction of sp³-hybridized carbons (Fsp3) is 0.250. The highest BCUT2D eigenvalue weighted by Crippen LogP contribution is 2.29. The second-order valence-electron chi connectivity index (χ2n) is 7.83. The molecule has 9 heteroatoms. The number of hydrogen-bond acceptors (Lipinski definition) is 4. The Morgan fingerprint density at radius 2 is 1.70 bits per heavy atom. The lowest BCUT2D eigenvalue weighted by molar-refractivity contribution is -0.137. The van der Waals surface area contributed by atoms with Gasteiger partial charge in [-0.25, -0.2) is 9.37 Å². The molecule has 2 aromatic carbocycles. The van der Waals surface area contributed by atoms with Crippen molar-refractivity contribution >= 4 is 17.4 Å². The van der Waals surface area contributed by atoms with E-state index >= 15 is 0 Å². The SMILES string of the molecule is O=C(Nc1ccc(N2CCN(Cc3ccc(F)cc3)CC2)nc1)c1cccc(C(F)(F)F)c1. The number of carbonyl (C=O) groups is 1. The molecule has 1 N–H and O–H groups in total. The van der Waals surface area contributed by atoms with Crippen molar-refractivity contribution in [3.05, 3.63) is 89.4 Å². The minimum atomic E-state index is -4.51. The highest BCUT2D eigenvalue weighted by molar-refractivity contribution is 6.04. The third kappa shape index (κ3) is 5.87. The number of nitrogens with zero attached hydrogens (tertiary/aromatic N) is 3. The van der Waals surface area contributed by atoms with Gasteiger partial charge >= 0.3 is 6.18 Å². The molecule has 1 saturated heterocycles. The average Bonchev–Trinajstić information content (AvgIpc) is 2.81. The number of pyridine rings is 1. The van der Waals surface area contributed by atoms with Crippen LogP contribution in [0.3, 0.4) is 0 Å². The van der Waals surface area contributed by atoms with Crippen LogP contribution in [0.4, 0.5) is 29.1 Å². The number of carbonyl (C=O) groups excluding carboxylic acids is 1. The summed E-state index contributed by atoms with van der Waals surface area (Å²) >= 11 is 0. The Balaban J connectivity index is 1.31. The van der Waals surface area contributed by atoms with Crippen LogP contribution in [0.1, 0.15) is 21.5 Å². The van der Waals surface area contributed by atoms with E-state index in [1.165, 1.54) is 30.5 Å². The van der Waals surface area contributed by atoms with Gasteiger partial charge in [0.25, 0.3) is 5.91 Å². The number of aromatic nitrogens is 1. The smallest absolute Gasteiger partial charge is 0.354 e. The van der Waals surface area contributed by atoms with Gasteiger partial charge in [-0.2, -0.15) is 13.2 Å². The third-order valence-electron chi connectivity index (χ3n) is 5.47. The van der Waals surface area contributed by atoms with Gasteiger partial charge < -0.3 is 10.2 Å². The summed E-state index contributed by atoms with van der Waals surface area (Å²) in [5, 5.41) is 2.58. The van der Waals surface area contributed by atoms with Crippen LogP contribution in [0.15, 0.2) is 66.9 Å². The monoisotopic (exact) mass is 458 g/mol. The summed E-state index contributed by atoms with van der Waals surface area (Å²) < 4.78 is 51.6. The van der Waals surface area contributed by atoms with Crippen molar-refractivity contribution < 1.29 is 22.4 Å². The van der Waals surface area contributed by atoms with Crippen molar-refractivity contribution in [2.75, 3.05) is 36.4 Å². The first-order chi connectivity index (χ1) is 15.8. The molecule has 0 aliphatic carbocycles. The largest absolute Gasteiger partial charge is 0.416 e. The number of halogens is 4. The van der Waals surface area contributed by atoms with Crippen molar-refractivity contribution in [3.63, 3.8) is 0 Å². The first kappa shape index (κ1) is 22.7. The van der Waals surface area contributed by atoms with Crippen LogP contribution in [-0.2, 0) is 12.7 Å². The molecule has 1 aliphatic rings. The Kier molecular flexibility index (Phi) is 6.60. The van der Waals surface area contributed by atoms with Gasteiger partial charge in [-0.3, -0.25) is 9.69 Å². The van der Waals surface area contributed by atoms with Crippen molar-refractivity contribution in [2.24, 2.45) is 0 Å². The normalized spacial score (nSPS) is 14.8. The summed E-state index contributed by atoms with van der Waals surface area (Å²) in [7, 11) is 0. The molecule has 172 valence electrons. The first-order valence-electron chi connectivity index (χ1n) is 10.4. The highest BCUT2D eigenvalue weighted by atomic mass is 19.4. The van der Waals surface area contributed by atoms with E-state index in [9.17, 15) is 22.4 Å². The number of nitrogens with one attached hydrogen (secondary N) is 1. The molecule has 1 amide bonds. The lowest BCUT2D eigenvalue weighted by Gasteiger charge is -2.35. The molecule has 1 aromatic heterocycles. The Labute approximate surface area is 188 Å². The molecule has 5 nitrogen and oxygen atoms in total. The quantitative estimate of drug-likeness (QED) is 0.558. The van der Waals surface area contributed by atoms with Gasteiger partial charge in [0.1, 0.15) is 11.6 Å². The molecule has 1 aliphatic heterocycles. The Hall–Kier alpha value is -3.46. The summed E-state index contributed by atoms with van der Waals surface area (Å²) in [6, 6.07) is 14.2. The maximum atomic E-state index is 13.1. The second kappa shape index (κ2) is 9.58. The van der Waals surface area contributed by atoms with Gasteiger partial charge in [0.2, 0.25) is 0 Å². The molecule has 0 saturated carbocycles. The highest BCUT2D eigenvalue weighted by Gasteiger charge is 2.31. The van der Waals surface area contributed by atoms with E-state index in [1.807, 2.05) is 0 Å². The molecule has 33 heavy (non-hydrogen) atoms. The third-order valence-corrected chi connectivity index (χ3v) is 5.47. The van der Waals surface area contributed by atoms with E-state index in [2.05, 4.69) is 20.1 Å². The van der Waals surface area contributed by atoms with Gasteiger partial charge in [-0.15, -0.1) is 0 Å². The molecule has 1 fully saturated rings. The van der Waals surface area contributed by atoms with Gasteiger partial charge in [-0.05, 0) is 48.0 Å². The van der Waals surface area contributed by atoms with Gasteiger partial charge in [0.15, 0.2) is 0 Å². The van der Waals surface area contributed by atoms with Crippen LogP contribution in [-0.4, -0.2) is 42.0 Å². The molecule has 4 rings (SSSR count). The minimum absolute atomic E-state index is 0.0776. The Morgan fingerprint density at radius 3 is 2.33 bits per heavy atom. The predicted octanol–water partition coefficient (Wildman–Crippen LogP) is 4.81. The van der Waals surface area contributed by atoms with E-state index in [1.54, 1.807) is 24.3 Å². The lowest BCUT2D eigenvalue weighted by Crippen LogP contribution is -2.46. The van der Waals surface area contributed by atoms with Gasteiger partial charge in [-0.1, -0.05) is 18.2 Å². The van der Waals surface area contributed by atoms with Crippen molar-refractivity contribution in [2.45, 2.75) is 12.7 Å². The molecule has 0 spiro atoms. The van der Waals surface area contributed by atoms with Crippen LogP contribution in [0.25, 0.3) is 0 Å². The average molecular weight is 458 g/mol. The minimum Gasteiger partial charge on any atom is -0.354 e. The fourth-order valence-corrected chi connectivity index (χ4v) is 3.67. The zero-order valence-corrected chi connectivity index (χ0v) is 17.6. The van der Waals surface area contributed by atoms with Crippen LogP contribution >= 0.6 is 0 Å². The molecular formula is C24H22F4N4O. The number of hydrogen-bond donors (Lipinski definition) is 1. The first-order valence-corrected chi connectivity index (χ1v) is 10.4. The van der Waals surface area contributed by atoms with Crippen molar-refractivity contribution in [1.29, 1.82) is 0 Å². The summed E-state index contributed by atoms with van der Waals surface area (Å²) in [4.78, 5) is 21.1. The number of alkyl halides is 3. The Bertz CT molecular complexity index is 1090. The van der Waals surface area contributed by atoms with Crippen LogP contribution < -0.4 is 10.2 Å².